The number of fused-ring (bicyclic) bond motifs is 1. The highest BCUT2D eigenvalue weighted by atomic mass is 127. The van der Waals surface area contributed by atoms with E-state index in [0.717, 1.165) is 25.7 Å². The Morgan fingerprint density at radius 3 is 2.50 bits per heavy atom. The van der Waals surface area contributed by atoms with E-state index in [1.807, 2.05) is 66.7 Å². The third-order valence-corrected chi connectivity index (χ3v) is 5.50. The number of carbonyl (C=O) groups excluding carboxylic acids is 1. The highest BCUT2D eigenvalue weighted by molar-refractivity contribution is 14.1. The summed E-state index contributed by atoms with van der Waals surface area (Å²) in [5, 5.41) is 4.93. The Labute approximate surface area is 199 Å². The molecule has 0 saturated carbocycles. The lowest BCUT2D eigenvalue weighted by atomic mass is 10.0. The molecule has 1 heterocycles. The first-order valence-corrected chi connectivity index (χ1v) is 10.9. The molecule has 0 spiro atoms. The highest BCUT2D eigenvalue weighted by Gasteiger charge is 2.14. The molecule has 4 aromatic rings. The lowest BCUT2D eigenvalue weighted by Crippen LogP contribution is -2.18. The number of rotatable bonds is 6. The molecule has 1 aromatic heterocycles. The fourth-order valence-electron chi connectivity index (χ4n) is 3.40. The van der Waals surface area contributed by atoms with Crippen LogP contribution < -0.4 is 14.9 Å². The Bertz CT molecular complexity index is 1310. The summed E-state index contributed by atoms with van der Waals surface area (Å²) >= 11 is 2.19. The van der Waals surface area contributed by atoms with Gasteiger partial charge in [0.05, 0.1) is 37.2 Å². The van der Waals surface area contributed by atoms with Crippen LogP contribution in [0.25, 0.3) is 22.2 Å². The number of carbonyl (C=O) groups is 1. The molecule has 0 aliphatic rings. The van der Waals surface area contributed by atoms with Gasteiger partial charge in [0.2, 0.25) is 0 Å². The Morgan fingerprint density at radius 1 is 1.00 bits per heavy atom. The van der Waals surface area contributed by atoms with Crippen molar-refractivity contribution in [2.24, 2.45) is 5.10 Å². The number of benzene rings is 3. The third kappa shape index (κ3) is 4.57. The zero-order chi connectivity index (χ0) is 22.5. The molecule has 7 heteroatoms. The maximum Gasteiger partial charge on any atom is 0.272 e. The maximum atomic E-state index is 13.1. The van der Waals surface area contributed by atoms with Gasteiger partial charge in [-0.15, -0.1) is 0 Å². The van der Waals surface area contributed by atoms with Crippen LogP contribution >= 0.6 is 22.6 Å². The van der Waals surface area contributed by atoms with Crippen molar-refractivity contribution in [3.05, 3.63) is 87.5 Å². The standard InChI is InChI=1S/C25H20IN3O3/c1-31-23-13-18(26)12-17(24(23)32-2)15-27-29-25(30)20-14-22(16-8-4-3-5-9-16)28-21-11-7-6-10-19(20)21/h3-15H,1-2H3,(H,29,30)/b27-15-. The second-order valence-corrected chi connectivity index (χ2v) is 8.11. The molecular weight excluding hydrogens is 517 g/mol. The molecule has 0 atom stereocenters. The van der Waals surface area contributed by atoms with Gasteiger partial charge in [0.25, 0.3) is 5.91 Å². The number of pyridine rings is 1. The maximum absolute atomic E-state index is 13.1. The number of nitrogens with zero attached hydrogens (tertiary/aromatic N) is 2. The first kappa shape index (κ1) is 21.8. The summed E-state index contributed by atoms with van der Waals surface area (Å²) in [6, 6.07) is 22.9. The van der Waals surface area contributed by atoms with E-state index in [2.05, 4.69) is 33.1 Å². The van der Waals surface area contributed by atoms with Crippen LogP contribution in [-0.2, 0) is 0 Å². The van der Waals surface area contributed by atoms with Crippen molar-refractivity contribution in [1.82, 2.24) is 10.4 Å². The van der Waals surface area contributed by atoms with E-state index in [1.54, 1.807) is 26.5 Å². The smallest absolute Gasteiger partial charge is 0.272 e. The number of methoxy groups -OCH3 is 2. The number of halogens is 1. The van der Waals surface area contributed by atoms with Crippen LogP contribution in [-0.4, -0.2) is 31.3 Å². The molecule has 4 rings (SSSR count). The SMILES string of the molecule is COc1cc(I)cc(/C=N\NC(=O)c2cc(-c3ccccc3)nc3ccccc23)c1OC. The van der Waals surface area contributed by atoms with Gasteiger partial charge in [-0.2, -0.15) is 5.10 Å². The average molecular weight is 537 g/mol. The number of hydrazone groups is 1. The number of ether oxygens (including phenoxy) is 2. The number of para-hydroxylation sites is 1. The molecule has 3 aromatic carbocycles. The van der Waals surface area contributed by atoms with Crippen LogP contribution in [0.5, 0.6) is 11.5 Å². The van der Waals surface area contributed by atoms with E-state index < -0.39 is 0 Å². The molecule has 32 heavy (non-hydrogen) atoms. The van der Waals surface area contributed by atoms with E-state index in [-0.39, 0.29) is 5.91 Å². The molecule has 0 aliphatic carbocycles. The van der Waals surface area contributed by atoms with Crippen molar-refractivity contribution in [2.75, 3.05) is 14.2 Å². The van der Waals surface area contributed by atoms with Crippen LogP contribution in [0.15, 0.2) is 77.9 Å². The molecule has 0 aliphatic heterocycles. The van der Waals surface area contributed by atoms with E-state index in [4.69, 9.17) is 14.5 Å². The average Bonchev–Trinajstić information content (AvgIpc) is 2.83. The Balaban J connectivity index is 1.67. The van der Waals surface area contributed by atoms with Gasteiger partial charge in [-0.3, -0.25) is 4.79 Å². The van der Waals surface area contributed by atoms with Crippen LogP contribution in [0.3, 0.4) is 0 Å². The number of hydrogen-bond donors (Lipinski definition) is 1. The fraction of sp³-hybridized carbons (Fsp3) is 0.0800. The van der Waals surface area contributed by atoms with Gasteiger partial charge in [-0.25, -0.2) is 10.4 Å². The van der Waals surface area contributed by atoms with Crippen LogP contribution in [0.4, 0.5) is 0 Å². The topological polar surface area (TPSA) is 72.8 Å². The van der Waals surface area contributed by atoms with Crippen molar-refractivity contribution in [2.45, 2.75) is 0 Å². The van der Waals surface area contributed by atoms with Gasteiger partial charge >= 0.3 is 0 Å². The van der Waals surface area contributed by atoms with E-state index >= 15 is 0 Å². The van der Waals surface area contributed by atoms with E-state index in [0.29, 0.717) is 22.6 Å². The summed E-state index contributed by atoms with van der Waals surface area (Å²) in [4.78, 5) is 17.8. The van der Waals surface area contributed by atoms with Crippen LogP contribution in [0.1, 0.15) is 15.9 Å². The van der Waals surface area contributed by atoms with Gasteiger partial charge in [-0.1, -0.05) is 48.5 Å². The summed E-state index contributed by atoms with van der Waals surface area (Å²) in [6.45, 7) is 0. The normalized spacial score (nSPS) is 11.0. The second-order valence-electron chi connectivity index (χ2n) is 6.87. The molecule has 160 valence electrons. The first-order chi connectivity index (χ1) is 15.6. The molecule has 0 bridgehead atoms. The van der Waals surface area contributed by atoms with Crippen molar-refractivity contribution in [3.8, 4) is 22.8 Å². The Kier molecular flexibility index (Phi) is 6.65. The number of nitrogens with one attached hydrogen (secondary N) is 1. The van der Waals surface area contributed by atoms with Gasteiger partial charge in [-0.05, 0) is 46.9 Å². The van der Waals surface area contributed by atoms with E-state index in [1.165, 1.54) is 0 Å². The number of hydrogen-bond acceptors (Lipinski definition) is 5. The fourth-order valence-corrected chi connectivity index (χ4v) is 4.01. The molecule has 6 nitrogen and oxygen atoms in total. The van der Waals surface area contributed by atoms with E-state index in [9.17, 15) is 4.79 Å². The van der Waals surface area contributed by atoms with Crippen molar-refractivity contribution in [3.63, 3.8) is 0 Å². The third-order valence-electron chi connectivity index (χ3n) is 4.87. The highest BCUT2D eigenvalue weighted by Crippen LogP contribution is 2.32. The molecule has 0 radical (unpaired) electrons. The van der Waals surface area contributed by atoms with Gasteiger partial charge in [0, 0.05) is 20.1 Å². The lowest BCUT2D eigenvalue weighted by Gasteiger charge is -2.11. The Hall–Kier alpha value is -3.46. The molecule has 0 saturated heterocycles. The van der Waals surface area contributed by atoms with Crippen LogP contribution in [0, 0.1) is 3.57 Å². The van der Waals surface area contributed by atoms with Crippen molar-refractivity contribution in [1.29, 1.82) is 0 Å². The van der Waals surface area contributed by atoms with Gasteiger partial charge in [0.1, 0.15) is 0 Å². The Morgan fingerprint density at radius 2 is 1.75 bits per heavy atom. The van der Waals surface area contributed by atoms with Crippen molar-refractivity contribution >= 4 is 45.6 Å². The number of amides is 1. The monoisotopic (exact) mass is 537 g/mol. The molecule has 1 N–H and O–H groups in total. The quantitative estimate of drug-likeness (QED) is 0.206. The zero-order valence-corrected chi connectivity index (χ0v) is 19.7. The molecular formula is C25H20IN3O3. The van der Waals surface area contributed by atoms with Crippen molar-refractivity contribution < 1.29 is 14.3 Å². The summed E-state index contributed by atoms with van der Waals surface area (Å²) in [7, 11) is 3.14. The minimum absolute atomic E-state index is 0.325. The first-order valence-electron chi connectivity index (χ1n) is 9.81. The minimum Gasteiger partial charge on any atom is -0.493 e. The summed E-state index contributed by atoms with van der Waals surface area (Å²) in [6.07, 6.45) is 1.54. The largest absolute Gasteiger partial charge is 0.493 e. The molecule has 0 fully saturated rings. The predicted octanol–water partition coefficient (Wildman–Crippen LogP) is 5.29. The molecule has 1 amide bonds. The van der Waals surface area contributed by atoms with Gasteiger partial charge in [0.15, 0.2) is 11.5 Å². The second kappa shape index (κ2) is 9.78. The predicted molar refractivity (Wildman–Crippen MR) is 135 cm³/mol. The van der Waals surface area contributed by atoms with Crippen LogP contribution in [0.2, 0.25) is 0 Å². The summed E-state index contributed by atoms with van der Waals surface area (Å²) in [5.74, 6) is 0.819. The summed E-state index contributed by atoms with van der Waals surface area (Å²) in [5.41, 5.74) is 6.23. The zero-order valence-electron chi connectivity index (χ0n) is 17.5. The summed E-state index contributed by atoms with van der Waals surface area (Å²) < 4.78 is 11.8. The number of aromatic nitrogens is 1. The minimum atomic E-state index is -0.325. The lowest BCUT2D eigenvalue weighted by molar-refractivity contribution is 0.0956. The van der Waals surface area contributed by atoms with Gasteiger partial charge < -0.3 is 9.47 Å². The molecule has 0 unspecified atom stereocenters.